The van der Waals surface area contributed by atoms with Crippen LogP contribution in [-0.2, 0) is 6.42 Å². The highest BCUT2D eigenvalue weighted by molar-refractivity contribution is 5.69. The van der Waals surface area contributed by atoms with E-state index in [0.29, 0.717) is 23.0 Å². The van der Waals surface area contributed by atoms with E-state index in [1.54, 1.807) is 42.5 Å². The van der Waals surface area contributed by atoms with Crippen LogP contribution in [0.4, 0.5) is 9.18 Å². The fourth-order valence-electron chi connectivity index (χ4n) is 5.71. The Morgan fingerprint density at radius 3 is 2.00 bits per heavy atom. The Balaban J connectivity index is 1.28. The molecule has 0 N–H and O–H groups in total. The quantitative estimate of drug-likeness (QED) is 0.133. The van der Waals surface area contributed by atoms with Gasteiger partial charge in [-0.25, -0.2) is 9.18 Å². The van der Waals surface area contributed by atoms with Crippen molar-refractivity contribution in [2.45, 2.75) is 96.8 Å². The lowest BCUT2D eigenvalue weighted by atomic mass is 9.77. The van der Waals surface area contributed by atoms with Crippen LogP contribution in [0.3, 0.4) is 0 Å². The lowest BCUT2D eigenvalue weighted by Gasteiger charge is -2.29. The summed E-state index contributed by atoms with van der Waals surface area (Å²) in [6.07, 6.45) is 13.9. The van der Waals surface area contributed by atoms with Gasteiger partial charge >= 0.3 is 6.16 Å². The van der Waals surface area contributed by atoms with Gasteiger partial charge in [-0.05, 0) is 97.4 Å². The maximum absolute atomic E-state index is 15.1. The summed E-state index contributed by atoms with van der Waals surface area (Å²) in [5.41, 5.74) is 3.64. The molecule has 0 amide bonds. The molecule has 39 heavy (non-hydrogen) atoms. The van der Waals surface area contributed by atoms with Crippen LogP contribution in [0.2, 0.25) is 0 Å². The molecule has 0 heterocycles. The molecule has 0 unspecified atom stereocenters. The maximum Gasteiger partial charge on any atom is 0.519 e. The summed E-state index contributed by atoms with van der Waals surface area (Å²) in [6.45, 7) is 4.44. The molecule has 1 fully saturated rings. The number of benzene rings is 3. The summed E-state index contributed by atoms with van der Waals surface area (Å²) < 4.78 is 25.8. The standard InChI is InChI=1S/C35H43FO3/c1-3-5-7-9-26-11-15-28(16-12-26)30-19-24-33(34(36)25-30)29-17-22-32(23-18-29)39-35(37)38-31-20-13-27(14-21-31)10-8-6-4-2/h13-14,17-26,28H,3-12,15-16H2,1-2H3. The van der Waals surface area contributed by atoms with Gasteiger partial charge < -0.3 is 9.47 Å². The van der Waals surface area contributed by atoms with E-state index in [-0.39, 0.29) is 5.82 Å². The number of unbranched alkanes of at least 4 members (excludes halogenated alkanes) is 4. The summed E-state index contributed by atoms with van der Waals surface area (Å²) in [5.74, 6) is 1.89. The van der Waals surface area contributed by atoms with E-state index in [9.17, 15) is 4.79 Å². The Hall–Kier alpha value is -3.14. The van der Waals surface area contributed by atoms with Crippen molar-refractivity contribution in [3.8, 4) is 22.6 Å². The van der Waals surface area contributed by atoms with E-state index >= 15 is 4.39 Å². The molecule has 0 saturated heterocycles. The average molecular weight is 531 g/mol. The highest BCUT2D eigenvalue weighted by atomic mass is 19.1. The van der Waals surface area contributed by atoms with Gasteiger partial charge in [-0.15, -0.1) is 0 Å². The Bertz CT molecular complexity index is 1160. The van der Waals surface area contributed by atoms with Crippen molar-refractivity contribution in [3.05, 3.63) is 83.7 Å². The van der Waals surface area contributed by atoms with Gasteiger partial charge in [0.1, 0.15) is 17.3 Å². The van der Waals surface area contributed by atoms with E-state index in [1.807, 2.05) is 18.2 Å². The number of carbonyl (C=O) groups excluding carboxylic acids is 1. The third kappa shape index (κ3) is 8.68. The highest BCUT2D eigenvalue weighted by Gasteiger charge is 2.23. The predicted molar refractivity (Wildman–Crippen MR) is 157 cm³/mol. The first kappa shape index (κ1) is 28.9. The van der Waals surface area contributed by atoms with Crippen LogP contribution >= 0.6 is 0 Å². The van der Waals surface area contributed by atoms with Crippen LogP contribution < -0.4 is 9.47 Å². The van der Waals surface area contributed by atoms with Crippen molar-refractivity contribution in [3.63, 3.8) is 0 Å². The molecule has 208 valence electrons. The van der Waals surface area contributed by atoms with Gasteiger partial charge in [0, 0.05) is 5.56 Å². The van der Waals surface area contributed by atoms with Gasteiger partial charge in [0.2, 0.25) is 0 Å². The minimum absolute atomic E-state index is 0.205. The largest absolute Gasteiger partial charge is 0.519 e. The highest BCUT2D eigenvalue weighted by Crippen LogP contribution is 2.39. The van der Waals surface area contributed by atoms with Crippen LogP contribution in [-0.4, -0.2) is 6.16 Å². The SMILES string of the molecule is CCCCCc1ccc(OC(=O)Oc2ccc(-c3ccc(C4CCC(CCCCC)CC4)cc3F)cc2)cc1. The Morgan fingerprint density at radius 1 is 0.769 bits per heavy atom. The molecule has 0 radical (unpaired) electrons. The molecule has 0 aromatic heterocycles. The summed E-state index contributed by atoms with van der Waals surface area (Å²) in [5, 5.41) is 0. The first-order chi connectivity index (χ1) is 19.1. The molecular formula is C35H43FO3. The zero-order valence-corrected chi connectivity index (χ0v) is 23.6. The van der Waals surface area contributed by atoms with E-state index in [0.717, 1.165) is 42.7 Å². The minimum Gasteiger partial charge on any atom is -0.395 e. The molecule has 3 aromatic rings. The van der Waals surface area contributed by atoms with E-state index in [4.69, 9.17) is 9.47 Å². The second kappa shape index (κ2) is 14.9. The lowest BCUT2D eigenvalue weighted by Crippen LogP contribution is -2.13. The van der Waals surface area contributed by atoms with Crippen LogP contribution in [0, 0.1) is 11.7 Å². The van der Waals surface area contributed by atoms with Gasteiger partial charge in [0.25, 0.3) is 0 Å². The number of hydrogen-bond donors (Lipinski definition) is 0. The van der Waals surface area contributed by atoms with Crippen LogP contribution in [0.25, 0.3) is 11.1 Å². The smallest absolute Gasteiger partial charge is 0.395 e. The van der Waals surface area contributed by atoms with Crippen molar-refractivity contribution < 1.29 is 18.7 Å². The fraction of sp³-hybridized carbons (Fsp3) is 0.457. The Kier molecular flexibility index (Phi) is 11.0. The third-order valence-electron chi connectivity index (χ3n) is 8.09. The third-order valence-corrected chi connectivity index (χ3v) is 8.09. The molecule has 3 aromatic carbocycles. The van der Waals surface area contributed by atoms with Gasteiger partial charge in [-0.2, -0.15) is 0 Å². The molecule has 0 bridgehead atoms. The molecule has 3 nitrogen and oxygen atoms in total. The number of ether oxygens (including phenoxy) is 2. The molecule has 4 heteroatoms. The normalized spacial score (nSPS) is 17.1. The van der Waals surface area contributed by atoms with E-state index < -0.39 is 6.16 Å². The van der Waals surface area contributed by atoms with Crippen LogP contribution in [0.1, 0.15) is 102 Å². The number of hydrogen-bond acceptors (Lipinski definition) is 3. The number of aryl methyl sites for hydroxylation is 1. The monoisotopic (exact) mass is 530 g/mol. The van der Waals surface area contributed by atoms with Crippen LogP contribution in [0.15, 0.2) is 66.7 Å². The van der Waals surface area contributed by atoms with Gasteiger partial charge in [0.15, 0.2) is 0 Å². The summed E-state index contributed by atoms with van der Waals surface area (Å²) in [6, 6.07) is 20.1. The second-order valence-electron chi connectivity index (χ2n) is 11.0. The zero-order chi connectivity index (χ0) is 27.5. The van der Waals surface area contributed by atoms with Gasteiger partial charge in [0.05, 0.1) is 0 Å². The topological polar surface area (TPSA) is 35.5 Å². The molecule has 0 aliphatic heterocycles. The Morgan fingerprint density at radius 2 is 1.38 bits per heavy atom. The molecular weight excluding hydrogens is 487 g/mol. The maximum atomic E-state index is 15.1. The van der Waals surface area contributed by atoms with E-state index in [2.05, 4.69) is 19.9 Å². The number of halogens is 1. The van der Waals surface area contributed by atoms with E-state index in [1.165, 1.54) is 56.9 Å². The molecule has 1 aliphatic carbocycles. The van der Waals surface area contributed by atoms with Crippen molar-refractivity contribution in [1.29, 1.82) is 0 Å². The number of rotatable bonds is 12. The summed E-state index contributed by atoms with van der Waals surface area (Å²) in [4.78, 5) is 12.3. The Labute approximate surface area is 233 Å². The van der Waals surface area contributed by atoms with Crippen molar-refractivity contribution in [1.82, 2.24) is 0 Å². The molecule has 1 aliphatic rings. The zero-order valence-electron chi connectivity index (χ0n) is 23.6. The van der Waals surface area contributed by atoms with Crippen molar-refractivity contribution >= 4 is 6.16 Å². The second-order valence-corrected chi connectivity index (χ2v) is 11.0. The first-order valence-electron chi connectivity index (χ1n) is 14.9. The van der Waals surface area contributed by atoms with Crippen molar-refractivity contribution in [2.75, 3.05) is 0 Å². The molecule has 0 atom stereocenters. The summed E-state index contributed by atoms with van der Waals surface area (Å²) >= 11 is 0. The van der Waals surface area contributed by atoms with Crippen molar-refractivity contribution in [2.24, 2.45) is 5.92 Å². The molecule has 0 spiro atoms. The lowest BCUT2D eigenvalue weighted by molar-refractivity contribution is 0.152. The average Bonchev–Trinajstić information content (AvgIpc) is 2.95. The minimum atomic E-state index is -0.794. The van der Waals surface area contributed by atoms with Gasteiger partial charge in [-0.1, -0.05) is 88.8 Å². The number of carbonyl (C=O) groups is 1. The van der Waals surface area contributed by atoms with Crippen LogP contribution in [0.5, 0.6) is 11.5 Å². The summed E-state index contributed by atoms with van der Waals surface area (Å²) in [7, 11) is 0. The first-order valence-corrected chi connectivity index (χ1v) is 14.9. The predicted octanol–water partition coefficient (Wildman–Crippen LogP) is 10.7. The molecule has 1 saturated carbocycles. The molecule has 4 rings (SSSR count). The fourth-order valence-corrected chi connectivity index (χ4v) is 5.71. The van der Waals surface area contributed by atoms with Gasteiger partial charge in [-0.3, -0.25) is 0 Å².